The lowest BCUT2D eigenvalue weighted by atomic mass is 10.3. The summed E-state index contributed by atoms with van der Waals surface area (Å²) in [4.78, 5) is 26.3. The molecule has 0 spiro atoms. The first-order chi connectivity index (χ1) is 8.63. The van der Waals surface area contributed by atoms with Gasteiger partial charge in [0.25, 0.3) is 5.91 Å². The van der Waals surface area contributed by atoms with Gasteiger partial charge in [0.2, 0.25) is 5.91 Å². The molecule has 0 saturated heterocycles. The third-order valence-electron chi connectivity index (χ3n) is 2.16. The summed E-state index contributed by atoms with van der Waals surface area (Å²) in [6, 6.07) is 3.46. The summed E-state index contributed by atoms with van der Waals surface area (Å²) in [5, 5.41) is 8.36. The number of pyridine rings is 1. The zero-order chi connectivity index (χ0) is 13.4. The number of hydrogen-bond donors (Lipinski definition) is 3. The Morgan fingerprint density at radius 3 is 2.50 bits per heavy atom. The van der Waals surface area contributed by atoms with Crippen LogP contribution in [0.2, 0.25) is 0 Å². The molecule has 0 aliphatic heterocycles. The van der Waals surface area contributed by atoms with Crippen LogP contribution in [0.1, 0.15) is 24.3 Å². The van der Waals surface area contributed by atoms with Crippen LogP contribution in [0, 0.1) is 0 Å². The van der Waals surface area contributed by atoms with Gasteiger partial charge in [-0.1, -0.05) is 0 Å². The Labute approximate surface area is 106 Å². The summed E-state index contributed by atoms with van der Waals surface area (Å²) in [5.41, 5.74) is 1.24. The highest BCUT2D eigenvalue weighted by molar-refractivity contribution is 5.92. The summed E-state index contributed by atoms with van der Waals surface area (Å²) < 4.78 is 0. The molecule has 0 saturated carbocycles. The number of amides is 2. The van der Waals surface area contributed by atoms with Gasteiger partial charge < -0.3 is 16.0 Å². The van der Waals surface area contributed by atoms with Crippen molar-refractivity contribution in [1.29, 1.82) is 0 Å². The van der Waals surface area contributed by atoms with E-state index in [0.717, 1.165) is 12.2 Å². The molecule has 0 aliphatic rings. The number of hydrogen-bond acceptors (Lipinski definition) is 4. The number of anilines is 1. The molecular formula is C12H18N4O2. The fraction of sp³-hybridized carbons (Fsp3) is 0.417. The second-order valence-electron chi connectivity index (χ2n) is 3.70. The van der Waals surface area contributed by atoms with Crippen LogP contribution < -0.4 is 16.0 Å². The van der Waals surface area contributed by atoms with Crippen molar-refractivity contribution in [1.82, 2.24) is 15.6 Å². The molecule has 6 nitrogen and oxygen atoms in total. The van der Waals surface area contributed by atoms with Crippen molar-refractivity contribution in [3.05, 3.63) is 24.0 Å². The lowest BCUT2D eigenvalue weighted by Gasteiger charge is -2.06. The fourth-order valence-electron chi connectivity index (χ4n) is 1.34. The van der Waals surface area contributed by atoms with Crippen LogP contribution in [0.5, 0.6) is 0 Å². The smallest absolute Gasteiger partial charge is 0.269 e. The Bertz CT molecular complexity index is 403. The normalized spacial score (nSPS) is 9.67. The van der Waals surface area contributed by atoms with Gasteiger partial charge in [0.15, 0.2) is 0 Å². The van der Waals surface area contributed by atoms with E-state index >= 15 is 0 Å². The summed E-state index contributed by atoms with van der Waals surface area (Å²) in [7, 11) is 0. The van der Waals surface area contributed by atoms with Gasteiger partial charge in [-0.2, -0.15) is 0 Å². The molecular weight excluding hydrogens is 232 g/mol. The van der Waals surface area contributed by atoms with Crippen LogP contribution >= 0.6 is 0 Å². The molecule has 0 radical (unpaired) electrons. The first kappa shape index (κ1) is 14.0. The van der Waals surface area contributed by atoms with Crippen molar-refractivity contribution in [3.63, 3.8) is 0 Å². The largest absolute Gasteiger partial charge is 0.384 e. The van der Waals surface area contributed by atoms with Crippen molar-refractivity contribution in [2.75, 3.05) is 25.0 Å². The summed E-state index contributed by atoms with van der Waals surface area (Å²) in [6.45, 7) is 5.03. The maximum absolute atomic E-state index is 11.7. The SMILES string of the molecule is CCNc1ccc(C(=O)NCCNC(C)=O)nc1. The first-order valence-corrected chi connectivity index (χ1v) is 5.86. The van der Waals surface area contributed by atoms with E-state index in [1.807, 2.05) is 6.92 Å². The molecule has 0 atom stereocenters. The number of carbonyl (C=O) groups excluding carboxylic acids is 2. The van der Waals surface area contributed by atoms with Crippen LogP contribution in [0.15, 0.2) is 18.3 Å². The third-order valence-corrected chi connectivity index (χ3v) is 2.16. The Morgan fingerprint density at radius 1 is 1.22 bits per heavy atom. The van der Waals surface area contributed by atoms with E-state index in [1.165, 1.54) is 6.92 Å². The standard InChI is InChI=1S/C12H18N4O2/c1-3-13-10-4-5-11(16-8-10)12(18)15-7-6-14-9(2)17/h4-5,8,13H,3,6-7H2,1-2H3,(H,14,17)(H,15,18). The second kappa shape index (κ2) is 7.26. The second-order valence-corrected chi connectivity index (χ2v) is 3.70. The van der Waals surface area contributed by atoms with Gasteiger partial charge in [-0.15, -0.1) is 0 Å². The van der Waals surface area contributed by atoms with Gasteiger partial charge in [0.05, 0.1) is 11.9 Å². The van der Waals surface area contributed by atoms with Crippen molar-refractivity contribution in [3.8, 4) is 0 Å². The minimum Gasteiger partial charge on any atom is -0.384 e. The van der Waals surface area contributed by atoms with E-state index in [4.69, 9.17) is 0 Å². The van der Waals surface area contributed by atoms with Crippen LogP contribution in [0.25, 0.3) is 0 Å². The monoisotopic (exact) mass is 250 g/mol. The van der Waals surface area contributed by atoms with E-state index in [-0.39, 0.29) is 11.8 Å². The molecule has 1 aromatic rings. The van der Waals surface area contributed by atoms with E-state index in [9.17, 15) is 9.59 Å². The van der Waals surface area contributed by atoms with Crippen LogP contribution in [-0.4, -0.2) is 36.4 Å². The quantitative estimate of drug-likeness (QED) is 0.637. The Hall–Kier alpha value is -2.11. The maximum Gasteiger partial charge on any atom is 0.269 e. The average Bonchev–Trinajstić information content (AvgIpc) is 2.35. The lowest BCUT2D eigenvalue weighted by Crippen LogP contribution is -2.33. The minimum absolute atomic E-state index is 0.114. The Morgan fingerprint density at radius 2 is 1.94 bits per heavy atom. The molecule has 3 N–H and O–H groups in total. The first-order valence-electron chi connectivity index (χ1n) is 5.86. The number of aromatic nitrogens is 1. The number of carbonyl (C=O) groups is 2. The van der Waals surface area contributed by atoms with E-state index < -0.39 is 0 Å². The summed E-state index contributed by atoms with van der Waals surface area (Å²) in [6.07, 6.45) is 1.62. The maximum atomic E-state index is 11.7. The Kier molecular flexibility index (Phi) is 5.63. The topological polar surface area (TPSA) is 83.1 Å². The third kappa shape index (κ3) is 4.82. The fourth-order valence-corrected chi connectivity index (χ4v) is 1.34. The number of rotatable bonds is 6. The predicted octanol–water partition coefficient (Wildman–Crippen LogP) is 0.379. The van der Waals surface area contributed by atoms with Gasteiger partial charge >= 0.3 is 0 Å². The van der Waals surface area contributed by atoms with Gasteiger partial charge in [0.1, 0.15) is 5.69 Å². The van der Waals surface area contributed by atoms with Crippen LogP contribution in [0.4, 0.5) is 5.69 Å². The Balaban J connectivity index is 2.39. The highest BCUT2D eigenvalue weighted by atomic mass is 16.2. The molecule has 0 unspecified atom stereocenters. The van der Waals surface area contributed by atoms with Crippen LogP contribution in [0.3, 0.4) is 0 Å². The zero-order valence-electron chi connectivity index (χ0n) is 10.6. The van der Waals surface area contributed by atoms with Crippen molar-refractivity contribution in [2.24, 2.45) is 0 Å². The summed E-state index contributed by atoms with van der Waals surface area (Å²) in [5.74, 6) is -0.360. The molecule has 0 aliphatic carbocycles. The molecule has 0 fully saturated rings. The van der Waals surface area contributed by atoms with Gasteiger partial charge in [-0.25, -0.2) is 4.98 Å². The highest BCUT2D eigenvalue weighted by Gasteiger charge is 2.05. The van der Waals surface area contributed by atoms with E-state index in [0.29, 0.717) is 18.8 Å². The number of nitrogens with zero attached hydrogens (tertiary/aromatic N) is 1. The summed E-state index contributed by atoms with van der Waals surface area (Å²) >= 11 is 0. The molecule has 1 heterocycles. The predicted molar refractivity (Wildman–Crippen MR) is 69.4 cm³/mol. The molecule has 2 amide bonds. The van der Waals surface area contributed by atoms with Crippen molar-refractivity contribution >= 4 is 17.5 Å². The van der Waals surface area contributed by atoms with Crippen molar-refractivity contribution in [2.45, 2.75) is 13.8 Å². The average molecular weight is 250 g/mol. The molecule has 1 aromatic heterocycles. The minimum atomic E-state index is -0.247. The van der Waals surface area contributed by atoms with Gasteiger partial charge in [0, 0.05) is 26.6 Å². The number of nitrogens with one attached hydrogen (secondary N) is 3. The van der Waals surface area contributed by atoms with Crippen LogP contribution in [-0.2, 0) is 4.79 Å². The molecule has 1 rings (SSSR count). The van der Waals surface area contributed by atoms with Gasteiger partial charge in [-0.05, 0) is 19.1 Å². The molecule has 6 heteroatoms. The molecule has 0 bridgehead atoms. The highest BCUT2D eigenvalue weighted by Crippen LogP contribution is 2.05. The zero-order valence-corrected chi connectivity index (χ0v) is 10.6. The molecule has 18 heavy (non-hydrogen) atoms. The van der Waals surface area contributed by atoms with Crippen molar-refractivity contribution < 1.29 is 9.59 Å². The molecule has 0 aromatic carbocycles. The molecule has 98 valence electrons. The van der Waals surface area contributed by atoms with E-state index in [1.54, 1.807) is 18.3 Å². The lowest BCUT2D eigenvalue weighted by molar-refractivity contribution is -0.118. The van der Waals surface area contributed by atoms with Gasteiger partial charge in [-0.3, -0.25) is 9.59 Å². The van der Waals surface area contributed by atoms with E-state index in [2.05, 4.69) is 20.9 Å².